The monoisotopic (exact) mass is 386 g/mol. The largest absolute Gasteiger partial charge is 0.488 e. The number of nitrogens with one attached hydrogen (secondary N) is 2. The van der Waals surface area contributed by atoms with Crippen LogP contribution in [0.5, 0.6) is 5.75 Å². The second-order valence-corrected chi connectivity index (χ2v) is 6.62. The molecule has 0 radical (unpaired) electrons. The molecule has 0 amide bonds. The fourth-order valence-electron chi connectivity index (χ4n) is 3.49. The van der Waals surface area contributed by atoms with E-state index in [1.54, 1.807) is 12.3 Å². The summed E-state index contributed by atoms with van der Waals surface area (Å²) >= 11 is 0. The number of ether oxygens (including phenoxy) is 1. The summed E-state index contributed by atoms with van der Waals surface area (Å²) in [6, 6.07) is 15.2. The van der Waals surface area contributed by atoms with Crippen molar-refractivity contribution in [1.29, 1.82) is 0 Å². The van der Waals surface area contributed by atoms with Crippen molar-refractivity contribution in [3.05, 3.63) is 65.9 Å². The van der Waals surface area contributed by atoms with Gasteiger partial charge in [0, 0.05) is 23.5 Å². The molecule has 7 nitrogen and oxygen atoms in total. The molecule has 1 aromatic heterocycles. The molecule has 1 aliphatic heterocycles. The summed E-state index contributed by atoms with van der Waals surface area (Å²) in [5, 5.41) is 42.6. The summed E-state index contributed by atoms with van der Waals surface area (Å²) in [6.45, 7) is 4.36. The van der Waals surface area contributed by atoms with E-state index in [-0.39, 0.29) is 6.42 Å². The third kappa shape index (κ3) is 4.04. The summed E-state index contributed by atoms with van der Waals surface area (Å²) in [5.41, 5.74) is 2.30. The number of fused-ring (bicyclic) bond motifs is 1. The lowest BCUT2D eigenvalue weighted by molar-refractivity contribution is -0.242. The minimum absolute atomic E-state index is 0.278. The highest BCUT2D eigenvalue weighted by atomic mass is 16.6. The molecule has 0 spiro atoms. The minimum atomic E-state index is -2.45. The Labute approximate surface area is 163 Å². The van der Waals surface area contributed by atoms with Crippen LogP contribution < -0.4 is 10.1 Å². The lowest BCUT2D eigenvalue weighted by Gasteiger charge is -2.23. The van der Waals surface area contributed by atoms with Crippen LogP contribution >= 0.6 is 0 Å². The summed E-state index contributed by atoms with van der Waals surface area (Å²) in [7, 11) is 0. The van der Waals surface area contributed by atoms with E-state index in [0.717, 1.165) is 11.1 Å². The molecule has 1 atom stereocenters. The maximum Gasteiger partial charge on any atom is 0.234 e. The number of aromatic nitrogens is 1. The van der Waals surface area contributed by atoms with Crippen LogP contribution in [0, 0.1) is 0 Å². The first-order valence-corrected chi connectivity index (χ1v) is 9.31. The van der Waals surface area contributed by atoms with Gasteiger partial charge in [-0.05, 0) is 23.3 Å². The fraction of sp³-hybridized carbons (Fsp3) is 0.333. The SMILES string of the molecule is CC.OC1(O)CC(c2c[nH]c3cccc(OCc4ccccc4)c23)C(O)(O)N1. The van der Waals surface area contributed by atoms with Crippen LogP contribution in [0.4, 0.5) is 0 Å². The van der Waals surface area contributed by atoms with Gasteiger partial charge in [-0.3, -0.25) is 0 Å². The van der Waals surface area contributed by atoms with Gasteiger partial charge in [-0.1, -0.05) is 50.2 Å². The van der Waals surface area contributed by atoms with Crippen molar-refractivity contribution in [1.82, 2.24) is 10.3 Å². The van der Waals surface area contributed by atoms with E-state index in [0.29, 0.717) is 23.3 Å². The molecule has 2 aromatic carbocycles. The molecule has 1 unspecified atom stereocenters. The Morgan fingerprint density at radius 3 is 2.36 bits per heavy atom. The summed E-state index contributed by atoms with van der Waals surface area (Å²) < 4.78 is 5.96. The number of H-pyrrole nitrogens is 1. The van der Waals surface area contributed by atoms with Gasteiger partial charge in [-0.25, -0.2) is 5.32 Å². The number of benzene rings is 2. The first-order chi connectivity index (χ1) is 13.4. The van der Waals surface area contributed by atoms with E-state index in [4.69, 9.17) is 4.74 Å². The molecule has 7 heteroatoms. The molecule has 0 bridgehead atoms. The van der Waals surface area contributed by atoms with Crippen LogP contribution in [0.15, 0.2) is 54.7 Å². The van der Waals surface area contributed by atoms with Gasteiger partial charge in [0.2, 0.25) is 11.8 Å². The predicted molar refractivity (Wildman–Crippen MR) is 105 cm³/mol. The lowest BCUT2D eigenvalue weighted by atomic mass is 9.93. The third-order valence-corrected chi connectivity index (χ3v) is 4.67. The number of hydrogen-bond donors (Lipinski definition) is 6. The van der Waals surface area contributed by atoms with Crippen molar-refractivity contribution < 1.29 is 25.2 Å². The molecule has 0 saturated carbocycles. The number of rotatable bonds is 4. The molecule has 1 aliphatic rings. The number of aliphatic hydroxyl groups is 4. The van der Waals surface area contributed by atoms with Crippen LogP contribution in [0.1, 0.15) is 37.3 Å². The maximum atomic E-state index is 10.2. The maximum absolute atomic E-state index is 10.2. The van der Waals surface area contributed by atoms with Gasteiger partial charge in [0.25, 0.3) is 0 Å². The zero-order valence-corrected chi connectivity index (χ0v) is 15.9. The van der Waals surface area contributed by atoms with E-state index in [1.807, 2.05) is 61.6 Å². The van der Waals surface area contributed by atoms with E-state index in [9.17, 15) is 20.4 Å². The average Bonchev–Trinajstić information content (AvgIpc) is 3.19. The average molecular weight is 386 g/mol. The quantitative estimate of drug-likeness (QED) is 0.383. The first kappa shape index (κ1) is 20.3. The Bertz CT molecular complexity index is 921. The minimum Gasteiger partial charge on any atom is -0.488 e. The normalized spacial score (nSPS) is 19.9. The number of aromatic amines is 1. The van der Waals surface area contributed by atoms with Crippen LogP contribution in [0.3, 0.4) is 0 Å². The highest BCUT2D eigenvalue weighted by Crippen LogP contribution is 2.43. The highest BCUT2D eigenvalue weighted by Gasteiger charge is 2.53. The summed E-state index contributed by atoms with van der Waals surface area (Å²) in [6.07, 6.45) is 1.36. The summed E-state index contributed by atoms with van der Waals surface area (Å²) in [5.74, 6) is -5.19. The molecule has 3 aromatic rings. The van der Waals surface area contributed by atoms with Crippen molar-refractivity contribution in [2.45, 2.75) is 44.6 Å². The van der Waals surface area contributed by atoms with Gasteiger partial charge in [-0.15, -0.1) is 0 Å². The molecule has 150 valence electrons. The second-order valence-electron chi connectivity index (χ2n) is 6.62. The van der Waals surface area contributed by atoms with Gasteiger partial charge in [-0.2, -0.15) is 0 Å². The Hall–Kier alpha value is -2.42. The van der Waals surface area contributed by atoms with Gasteiger partial charge in [0.15, 0.2) is 0 Å². The van der Waals surface area contributed by atoms with Gasteiger partial charge >= 0.3 is 0 Å². The molecular formula is C21H26N2O5. The highest BCUT2D eigenvalue weighted by molar-refractivity contribution is 5.90. The van der Waals surface area contributed by atoms with Crippen LogP contribution in [0.2, 0.25) is 0 Å². The van der Waals surface area contributed by atoms with Crippen molar-refractivity contribution in [2.75, 3.05) is 0 Å². The van der Waals surface area contributed by atoms with Gasteiger partial charge in [0.1, 0.15) is 12.4 Å². The van der Waals surface area contributed by atoms with Crippen molar-refractivity contribution in [2.24, 2.45) is 0 Å². The molecule has 1 saturated heterocycles. The zero-order chi connectivity index (χ0) is 20.4. The molecule has 2 heterocycles. The van der Waals surface area contributed by atoms with Gasteiger partial charge < -0.3 is 30.1 Å². The van der Waals surface area contributed by atoms with Crippen LogP contribution in [-0.4, -0.2) is 37.2 Å². The Balaban J connectivity index is 0.00000109. The summed E-state index contributed by atoms with van der Waals surface area (Å²) in [4.78, 5) is 3.08. The number of hydrogen-bond acceptors (Lipinski definition) is 6. The fourth-order valence-corrected chi connectivity index (χ4v) is 3.49. The van der Waals surface area contributed by atoms with Gasteiger partial charge in [0.05, 0.1) is 5.92 Å². The van der Waals surface area contributed by atoms with Crippen LogP contribution in [-0.2, 0) is 6.61 Å². The topological polar surface area (TPSA) is 118 Å². The van der Waals surface area contributed by atoms with Crippen molar-refractivity contribution in [3.63, 3.8) is 0 Å². The molecular weight excluding hydrogens is 360 g/mol. The molecule has 6 N–H and O–H groups in total. The van der Waals surface area contributed by atoms with Crippen molar-refractivity contribution in [3.8, 4) is 5.75 Å². The lowest BCUT2D eigenvalue weighted by Crippen LogP contribution is -2.51. The van der Waals surface area contributed by atoms with E-state index >= 15 is 0 Å². The Morgan fingerprint density at radius 1 is 1.00 bits per heavy atom. The van der Waals surface area contributed by atoms with Crippen LogP contribution in [0.25, 0.3) is 10.9 Å². The molecule has 1 fully saturated rings. The van der Waals surface area contributed by atoms with Crippen molar-refractivity contribution >= 4 is 10.9 Å². The molecule has 28 heavy (non-hydrogen) atoms. The van der Waals surface area contributed by atoms with E-state index in [1.165, 1.54) is 0 Å². The Kier molecular flexibility index (Phi) is 5.74. The molecule has 0 aliphatic carbocycles. The predicted octanol–water partition coefficient (Wildman–Crippen LogP) is 2.13. The molecule has 4 rings (SSSR count). The first-order valence-electron chi connectivity index (χ1n) is 9.31. The third-order valence-electron chi connectivity index (χ3n) is 4.67. The standard InChI is InChI=1S/C19H20N2O5.C2H6/c22-18(23)9-14(19(24,25)21-18)13-10-20-15-7-4-8-16(17(13)15)26-11-12-5-2-1-3-6-12;1-2/h1-8,10,14,20-25H,9,11H2;1-2H3. The zero-order valence-electron chi connectivity index (χ0n) is 15.9. The smallest absolute Gasteiger partial charge is 0.234 e. The Morgan fingerprint density at radius 2 is 1.71 bits per heavy atom. The second kappa shape index (κ2) is 7.90. The van der Waals surface area contributed by atoms with E-state index < -0.39 is 17.7 Å². The van der Waals surface area contributed by atoms with E-state index in [2.05, 4.69) is 4.98 Å².